The van der Waals surface area contributed by atoms with Gasteiger partial charge in [-0.3, -0.25) is 0 Å². The zero-order chi connectivity index (χ0) is 12.3. The normalized spacial score (nSPS) is 13.5. The first kappa shape index (κ1) is 13.4. The fourth-order valence-electron chi connectivity index (χ4n) is 1.24. The van der Waals surface area contributed by atoms with Crippen molar-refractivity contribution >= 4 is 25.8 Å². The maximum atomic E-state index is 13.6. The van der Waals surface area contributed by atoms with Crippen molar-refractivity contribution in [2.75, 3.05) is 19.1 Å². The topological polar surface area (TPSA) is 43.4 Å². The molecule has 0 aliphatic rings. The summed E-state index contributed by atoms with van der Waals surface area (Å²) < 4.78 is 40.6. The van der Waals surface area contributed by atoms with Gasteiger partial charge in [0.25, 0.3) is 0 Å². The van der Waals surface area contributed by atoms with Gasteiger partial charge in [-0.25, -0.2) is 12.8 Å². The van der Waals surface area contributed by atoms with E-state index in [9.17, 15) is 12.8 Å². The molecule has 1 atom stereocenters. The summed E-state index contributed by atoms with van der Waals surface area (Å²) in [6.07, 6.45) is 1.11. The van der Waals surface area contributed by atoms with Crippen molar-refractivity contribution in [3.8, 4) is 5.75 Å². The number of hydrogen-bond donors (Lipinski definition) is 0. The van der Waals surface area contributed by atoms with Crippen LogP contribution in [0.25, 0.3) is 0 Å². The lowest BCUT2D eigenvalue weighted by Gasteiger charge is -2.10. The van der Waals surface area contributed by atoms with Crippen molar-refractivity contribution < 1.29 is 17.5 Å². The van der Waals surface area contributed by atoms with Gasteiger partial charge in [0.2, 0.25) is 0 Å². The number of alkyl halides is 1. The number of benzene rings is 1. The molecule has 0 bridgehead atoms. The highest BCUT2D eigenvalue weighted by molar-refractivity contribution is 9.09. The van der Waals surface area contributed by atoms with E-state index >= 15 is 0 Å². The van der Waals surface area contributed by atoms with E-state index in [0.717, 1.165) is 6.26 Å². The van der Waals surface area contributed by atoms with Crippen LogP contribution in [0.1, 0.15) is 10.4 Å². The minimum atomic E-state index is -3.15. The summed E-state index contributed by atoms with van der Waals surface area (Å²) in [5.74, 6) is -0.221. The second-order valence-corrected chi connectivity index (χ2v) is 6.74. The van der Waals surface area contributed by atoms with E-state index in [4.69, 9.17) is 4.74 Å². The van der Waals surface area contributed by atoms with Crippen LogP contribution in [0.3, 0.4) is 0 Å². The summed E-state index contributed by atoms with van der Waals surface area (Å²) in [6, 6.07) is 4.33. The Morgan fingerprint density at radius 1 is 1.50 bits per heavy atom. The molecule has 0 saturated carbocycles. The van der Waals surface area contributed by atoms with Crippen LogP contribution in [0.4, 0.5) is 4.39 Å². The Morgan fingerprint density at radius 2 is 2.12 bits per heavy atom. The number of methoxy groups -OCH3 is 1. The van der Waals surface area contributed by atoms with Gasteiger partial charge >= 0.3 is 0 Å². The van der Waals surface area contributed by atoms with Crippen molar-refractivity contribution in [1.82, 2.24) is 0 Å². The average Bonchev–Trinajstić information content (AvgIpc) is 2.14. The Kier molecular flexibility index (Phi) is 4.32. The molecular weight excluding hydrogens is 299 g/mol. The standard InChI is InChI=1S/C10H12BrFO3S/c1-15-7-3-4-8(10(12)5-7)9(11)6-16(2,13)14/h3-5,9H,6H2,1-2H3. The molecule has 16 heavy (non-hydrogen) atoms. The van der Waals surface area contributed by atoms with Crippen LogP contribution in [0.15, 0.2) is 18.2 Å². The predicted molar refractivity (Wildman–Crippen MR) is 64.3 cm³/mol. The lowest BCUT2D eigenvalue weighted by molar-refractivity contribution is 0.410. The van der Waals surface area contributed by atoms with E-state index < -0.39 is 20.5 Å². The highest BCUT2D eigenvalue weighted by Crippen LogP contribution is 2.28. The molecule has 3 nitrogen and oxygen atoms in total. The van der Waals surface area contributed by atoms with Gasteiger partial charge in [-0.2, -0.15) is 0 Å². The molecule has 0 spiro atoms. The SMILES string of the molecule is COc1ccc(C(Br)CS(C)(=O)=O)c(F)c1. The first-order valence-electron chi connectivity index (χ1n) is 4.48. The fourth-order valence-corrected chi connectivity index (χ4v) is 3.77. The van der Waals surface area contributed by atoms with Crippen LogP contribution in [0.2, 0.25) is 0 Å². The summed E-state index contributed by atoms with van der Waals surface area (Å²) in [5.41, 5.74) is 0.311. The van der Waals surface area contributed by atoms with Crippen LogP contribution < -0.4 is 4.74 Å². The van der Waals surface area contributed by atoms with Gasteiger partial charge in [-0.1, -0.05) is 22.0 Å². The minimum absolute atomic E-state index is 0.143. The molecular formula is C10H12BrFO3S. The van der Waals surface area contributed by atoms with Gasteiger partial charge in [-0.05, 0) is 6.07 Å². The van der Waals surface area contributed by atoms with Crippen LogP contribution >= 0.6 is 15.9 Å². The van der Waals surface area contributed by atoms with Crippen molar-refractivity contribution in [2.45, 2.75) is 4.83 Å². The van der Waals surface area contributed by atoms with Crippen LogP contribution in [0.5, 0.6) is 5.75 Å². The highest BCUT2D eigenvalue weighted by Gasteiger charge is 2.18. The second kappa shape index (κ2) is 5.14. The van der Waals surface area contributed by atoms with Gasteiger partial charge in [0.1, 0.15) is 21.4 Å². The summed E-state index contributed by atoms with van der Waals surface area (Å²) in [4.78, 5) is -0.548. The number of hydrogen-bond acceptors (Lipinski definition) is 3. The molecule has 0 aliphatic heterocycles. The molecule has 6 heteroatoms. The maximum Gasteiger partial charge on any atom is 0.148 e. The number of halogens is 2. The molecule has 0 aliphatic carbocycles. The number of sulfone groups is 1. The van der Waals surface area contributed by atoms with Crippen LogP contribution in [0, 0.1) is 5.82 Å². The third-order valence-electron chi connectivity index (χ3n) is 1.99. The van der Waals surface area contributed by atoms with Crippen molar-refractivity contribution in [2.24, 2.45) is 0 Å². The molecule has 0 saturated heterocycles. The Morgan fingerprint density at radius 3 is 2.56 bits per heavy atom. The van der Waals surface area contributed by atoms with E-state index in [-0.39, 0.29) is 5.75 Å². The molecule has 0 heterocycles. The van der Waals surface area contributed by atoms with E-state index in [1.165, 1.54) is 19.2 Å². The Bertz CT molecular complexity index is 473. The number of ether oxygens (including phenoxy) is 1. The van der Waals surface area contributed by atoms with Gasteiger partial charge < -0.3 is 4.74 Å². The molecule has 0 amide bonds. The number of rotatable bonds is 4. The van der Waals surface area contributed by atoms with Gasteiger partial charge in [0, 0.05) is 17.9 Å². The zero-order valence-electron chi connectivity index (χ0n) is 8.91. The maximum absolute atomic E-state index is 13.6. The monoisotopic (exact) mass is 310 g/mol. The molecule has 1 unspecified atom stereocenters. The Balaban J connectivity index is 2.96. The fraction of sp³-hybridized carbons (Fsp3) is 0.400. The van der Waals surface area contributed by atoms with E-state index in [1.54, 1.807) is 6.07 Å². The quantitative estimate of drug-likeness (QED) is 0.802. The predicted octanol–water partition coefficient (Wildman–Crippen LogP) is 2.31. The first-order valence-corrected chi connectivity index (χ1v) is 7.46. The van der Waals surface area contributed by atoms with Gasteiger partial charge in [0.15, 0.2) is 0 Å². The third-order valence-corrected chi connectivity index (χ3v) is 4.18. The van der Waals surface area contributed by atoms with Crippen molar-refractivity contribution in [3.63, 3.8) is 0 Å². The lowest BCUT2D eigenvalue weighted by Crippen LogP contribution is -2.09. The van der Waals surface area contributed by atoms with Crippen LogP contribution in [-0.2, 0) is 9.84 Å². The van der Waals surface area contributed by atoms with Crippen molar-refractivity contribution in [1.29, 1.82) is 0 Å². The molecule has 0 fully saturated rings. The lowest BCUT2D eigenvalue weighted by atomic mass is 10.1. The summed E-state index contributed by atoms with van der Waals surface area (Å²) in [5, 5.41) is 0. The summed E-state index contributed by atoms with van der Waals surface area (Å²) >= 11 is 3.16. The van der Waals surface area contributed by atoms with E-state index in [2.05, 4.69) is 15.9 Å². The molecule has 0 N–H and O–H groups in total. The zero-order valence-corrected chi connectivity index (χ0v) is 11.3. The molecule has 90 valence electrons. The van der Waals surface area contributed by atoms with Crippen LogP contribution in [-0.4, -0.2) is 27.5 Å². The van der Waals surface area contributed by atoms with E-state index in [0.29, 0.717) is 11.3 Å². The van der Waals surface area contributed by atoms with E-state index in [1.807, 2.05) is 0 Å². The van der Waals surface area contributed by atoms with Gasteiger partial charge in [-0.15, -0.1) is 0 Å². The molecule has 0 radical (unpaired) electrons. The molecule has 1 aromatic carbocycles. The average molecular weight is 311 g/mol. The van der Waals surface area contributed by atoms with Crippen molar-refractivity contribution in [3.05, 3.63) is 29.6 Å². The molecule has 0 aromatic heterocycles. The molecule has 1 aromatic rings. The Hall–Kier alpha value is -0.620. The van der Waals surface area contributed by atoms with Gasteiger partial charge in [0.05, 0.1) is 17.7 Å². The summed E-state index contributed by atoms with van der Waals surface area (Å²) in [6.45, 7) is 0. The summed E-state index contributed by atoms with van der Waals surface area (Å²) in [7, 11) is -1.71. The highest BCUT2D eigenvalue weighted by atomic mass is 79.9. The largest absolute Gasteiger partial charge is 0.497 e. The minimum Gasteiger partial charge on any atom is -0.497 e. The third kappa shape index (κ3) is 3.75. The Labute approximate surface area is 103 Å². The smallest absolute Gasteiger partial charge is 0.148 e. The molecule has 1 rings (SSSR count). The second-order valence-electron chi connectivity index (χ2n) is 3.45. The first-order chi connectivity index (χ1) is 7.33.